The van der Waals surface area contributed by atoms with Gasteiger partial charge in [-0.15, -0.1) is 0 Å². The molecule has 2 aliphatic rings. The van der Waals surface area contributed by atoms with E-state index in [4.69, 9.17) is 9.72 Å². The van der Waals surface area contributed by atoms with Gasteiger partial charge in [-0.05, 0) is 68.9 Å². The minimum Gasteiger partial charge on any atom is -0.381 e. The fourth-order valence-corrected chi connectivity index (χ4v) is 4.75. The average molecular weight is 410 g/mol. The number of aryl methyl sites for hydroxylation is 2. The van der Waals surface area contributed by atoms with Crippen LogP contribution in [0.3, 0.4) is 0 Å². The van der Waals surface area contributed by atoms with E-state index in [1.54, 1.807) is 11.6 Å². The lowest BCUT2D eigenvalue weighted by Gasteiger charge is -2.27. The maximum absolute atomic E-state index is 15.2. The third-order valence-corrected chi connectivity index (χ3v) is 6.86. The van der Waals surface area contributed by atoms with Crippen molar-refractivity contribution in [2.24, 2.45) is 7.05 Å². The first kappa shape index (κ1) is 19.5. The van der Waals surface area contributed by atoms with E-state index < -0.39 is 5.67 Å². The van der Waals surface area contributed by atoms with Gasteiger partial charge < -0.3 is 13.9 Å². The standard InChI is InChI=1S/C24H28FN3O2/c1-15-12-19(14-27(3)23(15)29)18-4-5-20-21(13-18)28(16(2)24(25)8-9-24)22(26-20)17-6-10-30-11-7-17/h4-5,12-14,16-17H,6-11H2,1-3H3/t16-/m0/s1. The molecule has 1 aromatic carbocycles. The van der Waals surface area contributed by atoms with E-state index in [2.05, 4.69) is 10.6 Å². The zero-order chi connectivity index (χ0) is 21.0. The van der Waals surface area contributed by atoms with Gasteiger partial charge >= 0.3 is 0 Å². The molecule has 158 valence electrons. The molecule has 0 amide bonds. The summed E-state index contributed by atoms with van der Waals surface area (Å²) in [6.45, 7) is 5.27. The first-order valence-electron chi connectivity index (χ1n) is 10.8. The highest BCUT2D eigenvalue weighted by Gasteiger charge is 2.50. The van der Waals surface area contributed by atoms with Crippen LogP contribution in [-0.4, -0.2) is 33.0 Å². The molecular weight excluding hydrogens is 381 g/mol. The van der Waals surface area contributed by atoms with Gasteiger partial charge in [0, 0.05) is 37.9 Å². The maximum atomic E-state index is 15.2. The molecule has 0 unspecified atom stereocenters. The second-order valence-corrected chi connectivity index (χ2v) is 8.97. The van der Waals surface area contributed by atoms with Crippen molar-refractivity contribution in [3.63, 3.8) is 0 Å². The van der Waals surface area contributed by atoms with Gasteiger partial charge in [0.1, 0.15) is 11.5 Å². The minimum atomic E-state index is -1.14. The SMILES string of the molecule is Cc1cc(-c2ccc3nc(C4CCOCC4)n([C@@H](C)C4(F)CC4)c3c2)cn(C)c1=O. The smallest absolute Gasteiger partial charge is 0.253 e. The number of rotatable bonds is 4. The number of ether oxygens (including phenoxy) is 1. The Morgan fingerprint density at radius 2 is 1.93 bits per heavy atom. The normalized spacial score (nSPS) is 19.9. The van der Waals surface area contributed by atoms with Crippen molar-refractivity contribution >= 4 is 11.0 Å². The van der Waals surface area contributed by atoms with Gasteiger partial charge in [-0.3, -0.25) is 4.79 Å². The van der Waals surface area contributed by atoms with Gasteiger partial charge in [0.2, 0.25) is 0 Å². The Kier molecular flexibility index (Phi) is 4.58. The number of fused-ring (bicyclic) bond motifs is 1. The van der Waals surface area contributed by atoms with Crippen LogP contribution in [0.4, 0.5) is 4.39 Å². The molecule has 5 rings (SSSR count). The minimum absolute atomic E-state index is 0.00778. The van der Waals surface area contributed by atoms with E-state index >= 15 is 4.39 Å². The van der Waals surface area contributed by atoms with Crippen LogP contribution < -0.4 is 5.56 Å². The lowest BCUT2D eigenvalue weighted by molar-refractivity contribution is 0.0818. The first-order valence-corrected chi connectivity index (χ1v) is 10.8. The zero-order valence-corrected chi connectivity index (χ0v) is 17.8. The van der Waals surface area contributed by atoms with Crippen molar-refractivity contribution in [2.75, 3.05) is 13.2 Å². The number of halogens is 1. The summed E-state index contributed by atoms with van der Waals surface area (Å²) in [5.74, 6) is 1.28. The number of pyridine rings is 1. The molecule has 0 N–H and O–H groups in total. The van der Waals surface area contributed by atoms with Gasteiger partial charge in [-0.1, -0.05) is 6.07 Å². The largest absolute Gasteiger partial charge is 0.381 e. The zero-order valence-electron chi connectivity index (χ0n) is 17.8. The fraction of sp³-hybridized carbons (Fsp3) is 0.500. The molecule has 3 aromatic rings. The lowest BCUT2D eigenvalue weighted by Crippen LogP contribution is -2.24. The summed E-state index contributed by atoms with van der Waals surface area (Å²) in [6, 6.07) is 7.84. The number of imidazole rings is 1. The van der Waals surface area contributed by atoms with Gasteiger partial charge in [-0.25, -0.2) is 9.37 Å². The summed E-state index contributed by atoms with van der Waals surface area (Å²) in [7, 11) is 1.77. The van der Waals surface area contributed by atoms with E-state index in [1.807, 2.05) is 38.2 Å². The highest BCUT2D eigenvalue weighted by Crippen LogP contribution is 2.50. The number of benzene rings is 1. The van der Waals surface area contributed by atoms with Gasteiger partial charge in [0.25, 0.3) is 5.56 Å². The molecule has 3 heterocycles. The van der Waals surface area contributed by atoms with Crippen molar-refractivity contribution < 1.29 is 9.13 Å². The third kappa shape index (κ3) is 3.18. The van der Waals surface area contributed by atoms with Crippen LogP contribution in [0, 0.1) is 6.92 Å². The second-order valence-electron chi connectivity index (χ2n) is 8.97. The molecule has 2 fully saturated rings. The van der Waals surface area contributed by atoms with Crippen molar-refractivity contribution in [3.8, 4) is 11.1 Å². The number of hydrogen-bond donors (Lipinski definition) is 0. The van der Waals surface area contributed by atoms with Gasteiger partial charge in [0.15, 0.2) is 0 Å². The van der Waals surface area contributed by atoms with E-state index in [-0.39, 0.29) is 11.6 Å². The Balaban J connectivity index is 1.68. The van der Waals surface area contributed by atoms with Crippen molar-refractivity contribution in [1.29, 1.82) is 0 Å². The molecule has 1 saturated carbocycles. The van der Waals surface area contributed by atoms with E-state index in [0.717, 1.165) is 54.0 Å². The van der Waals surface area contributed by atoms with Crippen LogP contribution in [0.25, 0.3) is 22.2 Å². The monoisotopic (exact) mass is 409 g/mol. The highest BCUT2D eigenvalue weighted by atomic mass is 19.1. The Bertz CT molecular complexity index is 1140. The van der Waals surface area contributed by atoms with Crippen LogP contribution in [0.2, 0.25) is 0 Å². The van der Waals surface area contributed by atoms with E-state index in [9.17, 15) is 4.79 Å². The number of alkyl halides is 1. The van der Waals surface area contributed by atoms with Crippen LogP contribution >= 0.6 is 0 Å². The Labute approximate surface area is 175 Å². The molecule has 0 radical (unpaired) electrons. The lowest BCUT2D eigenvalue weighted by atomic mass is 9.98. The summed E-state index contributed by atoms with van der Waals surface area (Å²) in [6.07, 6.45) is 4.92. The van der Waals surface area contributed by atoms with Crippen LogP contribution in [0.15, 0.2) is 35.3 Å². The molecule has 1 saturated heterocycles. The van der Waals surface area contributed by atoms with Crippen LogP contribution in [-0.2, 0) is 11.8 Å². The average Bonchev–Trinajstić information content (AvgIpc) is 3.39. The Morgan fingerprint density at radius 3 is 2.60 bits per heavy atom. The van der Waals surface area contributed by atoms with Crippen molar-refractivity contribution in [3.05, 3.63) is 52.2 Å². The molecule has 1 aliphatic heterocycles. The number of hydrogen-bond acceptors (Lipinski definition) is 3. The second kappa shape index (κ2) is 7.05. The molecular formula is C24H28FN3O2. The van der Waals surface area contributed by atoms with E-state index in [1.165, 1.54) is 0 Å². The fourth-order valence-electron chi connectivity index (χ4n) is 4.75. The molecule has 5 nitrogen and oxygen atoms in total. The molecule has 1 atom stereocenters. The molecule has 1 aliphatic carbocycles. The molecule has 30 heavy (non-hydrogen) atoms. The predicted molar refractivity (Wildman–Crippen MR) is 116 cm³/mol. The van der Waals surface area contributed by atoms with Gasteiger partial charge in [-0.2, -0.15) is 0 Å². The Hall–Kier alpha value is -2.47. The first-order chi connectivity index (χ1) is 14.4. The summed E-state index contributed by atoms with van der Waals surface area (Å²) in [5.41, 5.74) is 3.43. The van der Waals surface area contributed by atoms with Crippen LogP contribution in [0.1, 0.15) is 56.0 Å². The van der Waals surface area contributed by atoms with E-state index in [0.29, 0.717) is 24.3 Å². The summed E-state index contributed by atoms with van der Waals surface area (Å²) in [4.78, 5) is 17.1. The summed E-state index contributed by atoms with van der Waals surface area (Å²) in [5, 5.41) is 0. The molecule has 0 bridgehead atoms. The number of aromatic nitrogens is 3. The topological polar surface area (TPSA) is 49.0 Å². The maximum Gasteiger partial charge on any atom is 0.253 e. The van der Waals surface area contributed by atoms with Gasteiger partial charge in [0.05, 0.1) is 17.1 Å². The molecule has 2 aromatic heterocycles. The Morgan fingerprint density at radius 1 is 1.20 bits per heavy atom. The predicted octanol–water partition coefficient (Wildman–Crippen LogP) is 4.67. The number of nitrogens with zero attached hydrogens (tertiary/aromatic N) is 3. The third-order valence-electron chi connectivity index (χ3n) is 6.86. The summed E-state index contributed by atoms with van der Waals surface area (Å²) < 4.78 is 24.5. The quantitative estimate of drug-likeness (QED) is 0.629. The molecule has 0 spiro atoms. The highest BCUT2D eigenvalue weighted by molar-refractivity contribution is 5.83. The van der Waals surface area contributed by atoms with Crippen molar-refractivity contribution in [2.45, 2.75) is 57.2 Å². The van der Waals surface area contributed by atoms with Crippen LogP contribution in [0.5, 0.6) is 0 Å². The molecule has 6 heteroatoms. The summed E-state index contributed by atoms with van der Waals surface area (Å²) >= 11 is 0. The van der Waals surface area contributed by atoms with Crippen molar-refractivity contribution in [1.82, 2.24) is 14.1 Å².